The fourth-order valence-corrected chi connectivity index (χ4v) is 1.96. The van der Waals surface area contributed by atoms with Gasteiger partial charge in [-0.3, -0.25) is 5.10 Å². The Morgan fingerprint density at radius 3 is 2.90 bits per heavy atom. The molecule has 2 aromatic heterocycles. The van der Waals surface area contributed by atoms with Gasteiger partial charge in [0.15, 0.2) is 5.69 Å². The summed E-state index contributed by atoms with van der Waals surface area (Å²) in [6, 6.07) is 9.55. The second kappa shape index (κ2) is 4.85. The van der Waals surface area contributed by atoms with E-state index in [1.807, 2.05) is 30.3 Å². The molecule has 98 valence electrons. The topological polar surface area (TPSA) is 116 Å². The highest BCUT2D eigenvalue weighted by molar-refractivity contribution is 5.92. The Bertz CT molecular complexity index is 800. The van der Waals surface area contributed by atoms with Gasteiger partial charge in [-0.1, -0.05) is 18.2 Å². The molecule has 0 atom stereocenters. The number of nitrogens with two attached hydrogens (primary N) is 1. The number of nitriles is 1. The molecule has 0 aliphatic heterocycles. The Labute approximate surface area is 114 Å². The Hall–Kier alpha value is -3.14. The number of hydrogen-bond acceptors (Lipinski definition) is 6. The lowest BCUT2D eigenvalue weighted by molar-refractivity contribution is 1.04. The molecular weight excluding hydrogens is 254 g/mol. The van der Waals surface area contributed by atoms with Crippen LogP contribution in [-0.2, 0) is 6.54 Å². The van der Waals surface area contributed by atoms with Crippen LogP contribution in [0.1, 0.15) is 11.3 Å². The van der Waals surface area contributed by atoms with Crippen molar-refractivity contribution in [2.24, 2.45) is 0 Å². The number of aromatic nitrogens is 4. The third kappa shape index (κ3) is 1.99. The summed E-state index contributed by atoms with van der Waals surface area (Å²) in [5.41, 5.74) is 8.20. The van der Waals surface area contributed by atoms with Crippen molar-refractivity contribution in [1.82, 2.24) is 20.4 Å². The minimum atomic E-state index is 0.255. The lowest BCUT2D eigenvalue weighted by atomic mass is 10.1. The first-order valence-electron chi connectivity index (χ1n) is 5.96. The highest BCUT2D eigenvalue weighted by Crippen LogP contribution is 2.24. The second-order valence-corrected chi connectivity index (χ2v) is 4.22. The maximum absolute atomic E-state index is 9.15. The molecule has 0 aliphatic rings. The van der Waals surface area contributed by atoms with E-state index in [1.54, 1.807) is 6.20 Å². The molecule has 0 aliphatic carbocycles. The summed E-state index contributed by atoms with van der Waals surface area (Å²) in [7, 11) is 0. The van der Waals surface area contributed by atoms with Crippen molar-refractivity contribution in [3.05, 3.63) is 41.7 Å². The van der Waals surface area contributed by atoms with Gasteiger partial charge in [0.1, 0.15) is 11.9 Å². The van der Waals surface area contributed by atoms with Crippen LogP contribution in [0.25, 0.3) is 10.9 Å². The van der Waals surface area contributed by atoms with Gasteiger partial charge in [-0.15, -0.1) is 10.2 Å². The van der Waals surface area contributed by atoms with Crippen molar-refractivity contribution in [2.45, 2.75) is 6.54 Å². The van der Waals surface area contributed by atoms with Crippen LogP contribution in [0.3, 0.4) is 0 Å². The molecule has 0 unspecified atom stereocenters. The van der Waals surface area contributed by atoms with Gasteiger partial charge in [-0.05, 0) is 6.07 Å². The second-order valence-electron chi connectivity index (χ2n) is 4.22. The lowest BCUT2D eigenvalue weighted by Gasteiger charge is -2.09. The number of nitrogens with one attached hydrogen (secondary N) is 2. The average molecular weight is 265 g/mol. The van der Waals surface area contributed by atoms with Crippen LogP contribution in [0.15, 0.2) is 30.5 Å². The van der Waals surface area contributed by atoms with Gasteiger partial charge in [-0.2, -0.15) is 10.4 Å². The van der Waals surface area contributed by atoms with Crippen molar-refractivity contribution >= 4 is 22.4 Å². The van der Waals surface area contributed by atoms with Gasteiger partial charge in [0.05, 0.1) is 17.4 Å². The standard InChI is InChI=1S/C13H11N7/c14-5-11-12(16-6-8-7-17-20-13(8)15)9-3-1-2-4-10(9)18-19-11/h1-4,7H,6H2,(H,16,18)(H3,15,17,20). The van der Waals surface area contributed by atoms with Gasteiger partial charge in [0.2, 0.25) is 0 Å². The number of rotatable bonds is 3. The van der Waals surface area contributed by atoms with Crippen LogP contribution in [0.2, 0.25) is 0 Å². The third-order valence-corrected chi connectivity index (χ3v) is 2.98. The van der Waals surface area contributed by atoms with Crippen molar-refractivity contribution in [3.8, 4) is 6.07 Å². The quantitative estimate of drug-likeness (QED) is 0.659. The predicted octanol–water partition coefficient (Wildman–Crippen LogP) is 1.42. The molecule has 0 saturated heterocycles. The van der Waals surface area contributed by atoms with Gasteiger partial charge in [0.25, 0.3) is 0 Å². The Balaban J connectivity index is 2.01. The monoisotopic (exact) mass is 265 g/mol. The van der Waals surface area contributed by atoms with Crippen LogP contribution in [0.5, 0.6) is 0 Å². The van der Waals surface area contributed by atoms with Crippen molar-refractivity contribution in [1.29, 1.82) is 5.26 Å². The first kappa shape index (κ1) is 11.9. The zero-order valence-electron chi connectivity index (χ0n) is 10.5. The van der Waals surface area contributed by atoms with E-state index in [0.717, 1.165) is 16.5 Å². The highest BCUT2D eigenvalue weighted by Gasteiger charge is 2.10. The number of benzene rings is 1. The summed E-state index contributed by atoms with van der Waals surface area (Å²) in [5, 5.41) is 27.6. The van der Waals surface area contributed by atoms with E-state index in [1.165, 1.54) is 0 Å². The van der Waals surface area contributed by atoms with E-state index in [2.05, 4.69) is 25.7 Å². The average Bonchev–Trinajstić information content (AvgIpc) is 2.90. The molecule has 0 fully saturated rings. The van der Waals surface area contributed by atoms with Gasteiger partial charge < -0.3 is 11.1 Å². The number of anilines is 2. The van der Waals surface area contributed by atoms with Crippen molar-refractivity contribution in [2.75, 3.05) is 11.1 Å². The van der Waals surface area contributed by atoms with Crippen LogP contribution in [0, 0.1) is 11.3 Å². The van der Waals surface area contributed by atoms with Gasteiger partial charge in [0, 0.05) is 17.5 Å². The van der Waals surface area contributed by atoms with Gasteiger partial charge >= 0.3 is 0 Å². The molecule has 0 saturated carbocycles. The van der Waals surface area contributed by atoms with E-state index in [0.29, 0.717) is 18.1 Å². The molecule has 1 aromatic carbocycles. The zero-order chi connectivity index (χ0) is 13.9. The van der Waals surface area contributed by atoms with E-state index in [9.17, 15) is 0 Å². The number of aromatic amines is 1. The minimum absolute atomic E-state index is 0.255. The number of nitrogens with zero attached hydrogens (tertiary/aromatic N) is 4. The van der Waals surface area contributed by atoms with E-state index in [-0.39, 0.29) is 5.69 Å². The van der Waals surface area contributed by atoms with E-state index >= 15 is 0 Å². The fraction of sp³-hybridized carbons (Fsp3) is 0.0769. The molecule has 20 heavy (non-hydrogen) atoms. The van der Waals surface area contributed by atoms with Crippen molar-refractivity contribution < 1.29 is 0 Å². The maximum atomic E-state index is 9.15. The maximum Gasteiger partial charge on any atom is 0.186 e. The predicted molar refractivity (Wildman–Crippen MR) is 74.6 cm³/mol. The van der Waals surface area contributed by atoms with Crippen LogP contribution < -0.4 is 11.1 Å². The minimum Gasteiger partial charge on any atom is -0.384 e. The SMILES string of the molecule is N#Cc1nnc2ccccc2c1NCc1cn[nH]c1N. The normalized spacial score (nSPS) is 10.3. The third-order valence-electron chi connectivity index (χ3n) is 2.98. The zero-order valence-corrected chi connectivity index (χ0v) is 10.5. The number of fused-ring (bicyclic) bond motifs is 1. The number of H-pyrrole nitrogens is 1. The first-order chi connectivity index (χ1) is 9.79. The number of hydrogen-bond donors (Lipinski definition) is 3. The molecule has 7 heteroatoms. The van der Waals surface area contributed by atoms with Crippen LogP contribution in [-0.4, -0.2) is 20.4 Å². The van der Waals surface area contributed by atoms with Crippen LogP contribution >= 0.6 is 0 Å². The summed E-state index contributed by atoms with van der Waals surface area (Å²) in [6.45, 7) is 0.451. The summed E-state index contributed by atoms with van der Waals surface area (Å²) in [5.74, 6) is 0.502. The smallest absolute Gasteiger partial charge is 0.186 e. The Morgan fingerprint density at radius 2 is 2.15 bits per heavy atom. The van der Waals surface area contributed by atoms with Crippen molar-refractivity contribution in [3.63, 3.8) is 0 Å². The van der Waals surface area contributed by atoms with Gasteiger partial charge in [-0.25, -0.2) is 0 Å². The van der Waals surface area contributed by atoms with Crippen LogP contribution in [0.4, 0.5) is 11.5 Å². The largest absolute Gasteiger partial charge is 0.384 e. The molecule has 0 amide bonds. The molecule has 0 bridgehead atoms. The Kier molecular flexibility index (Phi) is 2.89. The van der Waals surface area contributed by atoms with E-state index < -0.39 is 0 Å². The summed E-state index contributed by atoms with van der Waals surface area (Å²) in [6.07, 6.45) is 1.64. The molecule has 4 N–H and O–H groups in total. The highest BCUT2D eigenvalue weighted by atomic mass is 15.2. The summed E-state index contributed by atoms with van der Waals surface area (Å²) < 4.78 is 0. The first-order valence-corrected chi connectivity index (χ1v) is 5.96. The number of nitrogen functional groups attached to an aromatic ring is 1. The fourth-order valence-electron chi connectivity index (χ4n) is 1.96. The Morgan fingerprint density at radius 1 is 1.30 bits per heavy atom. The molecule has 3 aromatic rings. The summed E-state index contributed by atoms with van der Waals surface area (Å²) in [4.78, 5) is 0. The molecule has 2 heterocycles. The molecule has 0 spiro atoms. The molecule has 7 nitrogen and oxygen atoms in total. The lowest BCUT2D eigenvalue weighted by Crippen LogP contribution is -2.05. The summed E-state index contributed by atoms with van der Waals surface area (Å²) >= 11 is 0. The van der Waals surface area contributed by atoms with E-state index in [4.69, 9.17) is 11.0 Å². The molecular formula is C13H11N7. The molecule has 0 radical (unpaired) electrons. The molecule has 3 rings (SSSR count).